The number of rotatable bonds is 3. The van der Waals surface area contributed by atoms with Crippen LogP contribution >= 0.6 is 15.2 Å². The first-order chi connectivity index (χ1) is 9.24. The van der Waals surface area contributed by atoms with Crippen molar-refractivity contribution in [3.05, 3.63) is 23.5 Å². The molecule has 1 aromatic heterocycles. The van der Waals surface area contributed by atoms with Gasteiger partial charge in [-0.25, -0.2) is 0 Å². The number of aryl methyl sites for hydroxylation is 2. The number of hydrogen-bond donors (Lipinski definition) is 6. The van der Waals surface area contributed by atoms with Gasteiger partial charge in [-0.05, 0) is 32.4 Å². The van der Waals surface area contributed by atoms with Gasteiger partial charge in [-0.2, -0.15) is 0 Å². The van der Waals surface area contributed by atoms with Gasteiger partial charge in [0.2, 0.25) is 0 Å². The molecular weight excluding hydrogens is 324 g/mol. The second-order valence-corrected chi connectivity index (χ2v) is 8.60. The van der Waals surface area contributed by atoms with Crippen molar-refractivity contribution in [3.8, 4) is 5.75 Å². The molecule has 0 spiro atoms. The number of nitrogens with zero attached hydrogens (tertiary/aromatic N) is 1. The van der Waals surface area contributed by atoms with Crippen molar-refractivity contribution < 1.29 is 38.9 Å². The molecule has 0 saturated heterocycles. The lowest BCUT2D eigenvalue weighted by atomic mass is 10.2. The molecule has 0 aromatic carbocycles. The van der Waals surface area contributed by atoms with Gasteiger partial charge in [0.15, 0.2) is 0 Å². The van der Waals surface area contributed by atoms with E-state index in [0.717, 1.165) is 17.8 Å². The quantitative estimate of drug-likeness (QED) is 0.432. The molecule has 1 aromatic rings. The van der Waals surface area contributed by atoms with Crippen LogP contribution in [0.4, 0.5) is 0 Å². The highest BCUT2D eigenvalue weighted by molar-refractivity contribution is 7.71. The summed E-state index contributed by atoms with van der Waals surface area (Å²) in [5.74, 6) is 0.299. The first kappa shape index (κ1) is 20.2. The first-order valence-corrected chi connectivity index (χ1v) is 8.95. The van der Waals surface area contributed by atoms with E-state index in [0.29, 0.717) is 12.7 Å². The minimum atomic E-state index is -5.20. The fourth-order valence-corrected chi connectivity index (χ4v) is 2.39. The van der Waals surface area contributed by atoms with E-state index in [4.69, 9.17) is 24.7 Å². The number of hydrogen-bond acceptors (Lipinski definition) is 5. The van der Waals surface area contributed by atoms with Crippen LogP contribution in [-0.2, 0) is 15.6 Å². The van der Waals surface area contributed by atoms with Gasteiger partial charge in [0.25, 0.3) is 5.08 Å². The van der Waals surface area contributed by atoms with E-state index in [1.165, 1.54) is 0 Å². The third-order valence-electron chi connectivity index (χ3n) is 2.53. The number of pyridine rings is 1. The Bertz CT molecular complexity index is 552. The normalized spacial score (nSPS) is 12.6. The Balaban J connectivity index is 0.000000382. The van der Waals surface area contributed by atoms with Crippen molar-refractivity contribution in [2.45, 2.75) is 32.3 Å². The van der Waals surface area contributed by atoms with Crippen LogP contribution in [0.1, 0.15) is 25.2 Å². The van der Waals surface area contributed by atoms with E-state index >= 15 is 0 Å². The van der Waals surface area contributed by atoms with E-state index < -0.39 is 20.3 Å². The van der Waals surface area contributed by atoms with Crippen LogP contribution < -0.4 is 0 Å². The zero-order chi connectivity index (χ0) is 17.1. The molecule has 122 valence electrons. The highest BCUT2D eigenvalue weighted by atomic mass is 31.2. The lowest BCUT2D eigenvalue weighted by Crippen LogP contribution is -2.23. The summed E-state index contributed by atoms with van der Waals surface area (Å²) in [5, 5.41) is 14.5. The maximum absolute atomic E-state index is 10.3. The predicted molar refractivity (Wildman–Crippen MR) is 74.7 cm³/mol. The zero-order valence-electron chi connectivity index (χ0n) is 11.7. The maximum atomic E-state index is 10.3. The third-order valence-corrected chi connectivity index (χ3v) is 6.30. The van der Waals surface area contributed by atoms with Crippen molar-refractivity contribution in [1.29, 1.82) is 0 Å². The number of aromatic nitrogens is 1. The molecule has 1 heterocycles. The Kier molecular flexibility index (Phi) is 6.72. The average molecular weight is 343 g/mol. The smallest absolute Gasteiger partial charge is 0.369 e. The van der Waals surface area contributed by atoms with E-state index in [2.05, 4.69) is 4.98 Å². The SMILES string of the molecule is CC(O)(P(=O)(O)O)P(=O)(O)O.CCc1nc(C)ccc1O. The first-order valence-electron chi connectivity index (χ1n) is 5.73. The highest BCUT2D eigenvalue weighted by Gasteiger charge is 2.55. The second kappa shape index (κ2) is 6.98. The Morgan fingerprint density at radius 3 is 1.81 bits per heavy atom. The fourth-order valence-electron chi connectivity index (χ4n) is 1.03. The molecule has 1 rings (SSSR count). The van der Waals surface area contributed by atoms with Crippen molar-refractivity contribution in [2.75, 3.05) is 0 Å². The molecule has 0 amide bonds. The summed E-state index contributed by atoms with van der Waals surface area (Å²) in [5.41, 5.74) is 1.73. The molecule has 0 radical (unpaired) electrons. The molecule has 11 heteroatoms. The van der Waals surface area contributed by atoms with Crippen LogP contribution in [0.15, 0.2) is 12.1 Å². The molecule has 9 nitrogen and oxygen atoms in total. The summed E-state index contributed by atoms with van der Waals surface area (Å²) in [7, 11) is -10.4. The third kappa shape index (κ3) is 5.48. The minimum Gasteiger partial charge on any atom is -0.506 e. The van der Waals surface area contributed by atoms with Crippen molar-refractivity contribution in [1.82, 2.24) is 4.98 Å². The molecule has 0 saturated carbocycles. The monoisotopic (exact) mass is 343 g/mol. The van der Waals surface area contributed by atoms with E-state index in [-0.39, 0.29) is 0 Å². The van der Waals surface area contributed by atoms with Crippen LogP contribution in [-0.4, -0.2) is 39.9 Å². The summed E-state index contributed by atoms with van der Waals surface area (Å²) < 4.78 is 20.5. The van der Waals surface area contributed by atoms with Gasteiger partial charge < -0.3 is 29.8 Å². The van der Waals surface area contributed by atoms with E-state index in [1.807, 2.05) is 13.8 Å². The van der Waals surface area contributed by atoms with Gasteiger partial charge in [0, 0.05) is 5.69 Å². The van der Waals surface area contributed by atoms with Gasteiger partial charge >= 0.3 is 15.2 Å². The fraction of sp³-hybridized carbons (Fsp3) is 0.500. The average Bonchev–Trinajstić information content (AvgIpc) is 2.30. The topological polar surface area (TPSA) is 168 Å². The number of aromatic hydroxyl groups is 1. The van der Waals surface area contributed by atoms with Crippen LogP contribution in [0.25, 0.3) is 0 Å². The Hall–Kier alpha value is -0.790. The van der Waals surface area contributed by atoms with E-state index in [1.54, 1.807) is 12.1 Å². The van der Waals surface area contributed by atoms with E-state index in [9.17, 15) is 14.2 Å². The Morgan fingerprint density at radius 1 is 1.14 bits per heavy atom. The second-order valence-electron chi connectivity index (χ2n) is 4.33. The minimum absolute atomic E-state index is 0.299. The summed E-state index contributed by atoms with van der Waals surface area (Å²) in [6, 6.07) is 3.48. The molecule has 0 fully saturated rings. The molecule has 6 N–H and O–H groups in total. The Morgan fingerprint density at radius 2 is 1.57 bits per heavy atom. The summed E-state index contributed by atoms with van der Waals surface area (Å²) in [6.07, 6.45) is 0.785. The lowest BCUT2D eigenvalue weighted by Gasteiger charge is -2.24. The van der Waals surface area contributed by atoms with Gasteiger partial charge in [-0.15, -0.1) is 0 Å². The molecule has 0 unspecified atom stereocenters. The lowest BCUT2D eigenvalue weighted by molar-refractivity contribution is 0.146. The van der Waals surface area contributed by atoms with Crippen molar-refractivity contribution >= 4 is 15.2 Å². The standard InChI is InChI=1S/C8H11NO.C2H8O7P2/c1-3-7-8(10)5-4-6(2)9-7;1-2(3,10(4,5)6)11(7,8)9/h4-5,10H,3H2,1-2H3;3H,1H3,(H2,4,5,6)(H2,7,8,9). The Labute approximate surface area is 121 Å². The van der Waals surface area contributed by atoms with Crippen LogP contribution in [0.5, 0.6) is 5.75 Å². The highest BCUT2D eigenvalue weighted by Crippen LogP contribution is 2.66. The van der Waals surface area contributed by atoms with Gasteiger partial charge in [0.1, 0.15) is 5.75 Å². The number of aliphatic hydroxyl groups is 1. The van der Waals surface area contributed by atoms with Crippen LogP contribution in [0, 0.1) is 6.92 Å². The largest absolute Gasteiger partial charge is 0.506 e. The van der Waals surface area contributed by atoms with Crippen LogP contribution in [0.3, 0.4) is 0 Å². The summed E-state index contributed by atoms with van der Waals surface area (Å²) in [4.78, 5) is 37.1. The summed E-state index contributed by atoms with van der Waals surface area (Å²) in [6.45, 7) is 4.27. The van der Waals surface area contributed by atoms with Crippen molar-refractivity contribution in [2.24, 2.45) is 0 Å². The molecule has 0 aliphatic heterocycles. The van der Waals surface area contributed by atoms with Gasteiger partial charge in [0.05, 0.1) is 5.69 Å². The predicted octanol–water partition coefficient (Wildman–Crippen LogP) is 0.666. The van der Waals surface area contributed by atoms with Crippen LogP contribution in [0.2, 0.25) is 0 Å². The van der Waals surface area contributed by atoms with Gasteiger partial charge in [-0.3, -0.25) is 14.1 Å². The molecule has 0 aliphatic rings. The molecular formula is C10H19NO8P2. The molecule has 0 bridgehead atoms. The molecule has 0 aliphatic carbocycles. The maximum Gasteiger partial charge on any atom is 0.369 e. The molecule has 21 heavy (non-hydrogen) atoms. The van der Waals surface area contributed by atoms with Crippen molar-refractivity contribution in [3.63, 3.8) is 0 Å². The van der Waals surface area contributed by atoms with Gasteiger partial charge in [-0.1, -0.05) is 6.92 Å². The zero-order valence-corrected chi connectivity index (χ0v) is 13.5. The molecule has 0 atom stereocenters. The summed E-state index contributed by atoms with van der Waals surface area (Å²) >= 11 is 0.